The summed E-state index contributed by atoms with van der Waals surface area (Å²) in [7, 11) is 5.80. The summed E-state index contributed by atoms with van der Waals surface area (Å²) < 4.78 is 0. The molecule has 1 aromatic heterocycles. The van der Waals surface area contributed by atoms with Crippen molar-refractivity contribution in [2.24, 2.45) is 16.6 Å². The topological polar surface area (TPSA) is 78.4 Å². The van der Waals surface area contributed by atoms with Crippen molar-refractivity contribution < 1.29 is 0 Å². The first-order valence-corrected chi connectivity index (χ1v) is 12.9. The number of pyridine rings is 1. The van der Waals surface area contributed by atoms with E-state index in [1.165, 1.54) is 0 Å². The summed E-state index contributed by atoms with van der Waals surface area (Å²) in [5.41, 5.74) is 13.5. The first-order valence-electron chi connectivity index (χ1n) is 12.9. The fourth-order valence-electron chi connectivity index (χ4n) is 4.83. The molecule has 1 aliphatic carbocycles. The highest BCUT2D eigenvalue weighted by Crippen LogP contribution is 2.30. The van der Waals surface area contributed by atoms with Gasteiger partial charge in [0.15, 0.2) is 0 Å². The third kappa shape index (κ3) is 7.11. The van der Waals surface area contributed by atoms with Crippen LogP contribution in [-0.2, 0) is 0 Å². The van der Waals surface area contributed by atoms with Gasteiger partial charge in [-0.05, 0) is 79.4 Å². The van der Waals surface area contributed by atoms with Gasteiger partial charge in [-0.15, -0.1) is 0 Å². The molecule has 0 radical (unpaired) electrons. The Morgan fingerprint density at radius 2 is 1.92 bits per heavy atom. The number of nitrogens with one attached hydrogen (secondary N) is 1. The summed E-state index contributed by atoms with van der Waals surface area (Å²) in [5, 5.41) is 9.10. The van der Waals surface area contributed by atoms with Crippen LogP contribution in [0.4, 0.5) is 0 Å². The van der Waals surface area contributed by atoms with Crippen LogP contribution < -0.4 is 5.73 Å². The van der Waals surface area contributed by atoms with Gasteiger partial charge in [0.1, 0.15) is 0 Å². The predicted octanol–water partition coefficient (Wildman–Crippen LogP) is 6.61. The number of nitrogens with two attached hydrogens (primary N) is 1. The molecule has 5 nitrogen and oxygen atoms in total. The van der Waals surface area contributed by atoms with E-state index >= 15 is 0 Å². The Morgan fingerprint density at radius 1 is 1.17 bits per heavy atom. The summed E-state index contributed by atoms with van der Waals surface area (Å²) in [5.74, 6) is 0.490. The van der Waals surface area contributed by atoms with E-state index in [0.717, 1.165) is 77.7 Å². The van der Waals surface area contributed by atoms with Crippen LogP contribution in [0.25, 0.3) is 22.4 Å². The zero-order valence-electron chi connectivity index (χ0n) is 22.3. The molecule has 1 aromatic carbocycles. The van der Waals surface area contributed by atoms with Gasteiger partial charge in [0.2, 0.25) is 0 Å². The molecule has 1 aliphatic rings. The molecule has 3 rings (SSSR count). The molecular formula is C31H41N5. The molecule has 0 bridgehead atoms. The van der Waals surface area contributed by atoms with Crippen molar-refractivity contribution in [2.75, 3.05) is 21.1 Å². The van der Waals surface area contributed by atoms with Crippen molar-refractivity contribution in [3.63, 3.8) is 0 Å². The molecule has 36 heavy (non-hydrogen) atoms. The largest absolute Gasteiger partial charge is 0.383 e. The lowest BCUT2D eigenvalue weighted by molar-refractivity contribution is 0.334. The van der Waals surface area contributed by atoms with Crippen molar-refractivity contribution in [2.45, 2.75) is 51.5 Å². The van der Waals surface area contributed by atoms with Gasteiger partial charge in [0.25, 0.3) is 0 Å². The van der Waals surface area contributed by atoms with Crippen LogP contribution in [0, 0.1) is 11.3 Å². The van der Waals surface area contributed by atoms with Crippen LogP contribution in [0.3, 0.4) is 0 Å². The highest BCUT2D eigenvalue weighted by Gasteiger charge is 2.22. The smallest absolute Gasteiger partial charge is 0.0923 e. The fourth-order valence-corrected chi connectivity index (χ4v) is 4.83. The van der Waals surface area contributed by atoms with Crippen LogP contribution in [0.15, 0.2) is 66.3 Å². The second kappa shape index (κ2) is 13.1. The Balaban J connectivity index is 2.05. The van der Waals surface area contributed by atoms with E-state index < -0.39 is 0 Å². The number of aromatic nitrogens is 1. The van der Waals surface area contributed by atoms with Gasteiger partial charge in [0.05, 0.1) is 17.1 Å². The minimum Gasteiger partial charge on any atom is -0.383 e. The van der Waals surface area contributed by atoms with E-state index in [9.17, 15) is 0 Å². The number of allylic oxidation sites excluding steroid dienone is 4. The Labute approximate surface area is 217 Å². The second-order valence-electron chi connectivity index (χ2n) is 9.84. The third-order valence-corrected chi connectivity index (χ3v) is 6.68. The van der Waals surface area contributed by atoms with E-state index in [0.29, 0.717) is 17.7 Å². The number of rotatable bonds is 10. The highest BCUT2D eigenvalue weighted by atomic mass is 15.0. The molecule has 3 N–H and O–H groups in total. The molecular weight excluding hydrogens is 442 g/mol. The predicted molar refractivity (Wildman–Crippen MR) is 156 cm³/mol. The van der Waals surface area contributed by atoms with E-state index in [-0.39, 0.29) is 0 Å². The van der Waals surface area contributed by atoms with Crippen molar-refractivity contribution in [3.05, 3.63) is 78.1 Å². The molecule has 1 fully saturated rings. The monoisotopic (exact) mass is 483 g/mol. The van der Waals surface area contributed by atoms with Crippen molar-refractivity contribution in [1.82, 2.24) is 9.88 Å². The van der Waals surface area contributed by atoms with Crippen LogP contribution in [0.2, 0.25) is 0 Å². The van der Waals surface area contributed by atoms with Gasteiger partial charge in [-0.2, -0.15) is 0 Å². The zero-order valence-corrected chi connectivity index (χ0v) is 22.3. The maximum absolute atomic E-state index is 9.10. The SMILES string of the molecule is C=C/C(=C\N(C)C)c1cccc(-c2ccc(/C(C=NC)=C/CC)c(C(=N)CC3CCC(N)CC3)n2)c1. The quantitative estimate of drug-likeness (QED) is 0.295. The number of nitrogens with zero attached hydrogens (tertiary/aromatic N) is 3. The van der Waals surface area contributed by atoms with Crippen LogP contribution in [0.1, 0.15) is 62.3 Å². The lowest BCUT2D eigenvalue weighted by atomic mass is 9.82. The Bertz CT molecular complexity index is 1150. The van der Waals surface area contributed by atoms with Gasteiger partial charge in [-0.1, -0.05) is 43.9 Å². The van der Waals surface area contributed by atoms with Crippen LogP contribution >= 0.6 is 0 Å². The Morgan fingerprint density at radius 3 is 2.56 bits per heavy atom. The standard InChI is InChI=1S/C31H41N5/c1-6-9-26(20-34-3)28-16-17-30(25-11-8-10-24(19-25)23(7-2)21-36(4)5)35-31(28)29(33)18-22-12-14-27(32)15-13-22/h7-11,16-17,19-22,27,33H,2,6,12-15,18,32H2,1,3-5H3/b23-21+,26-9+,33-29?,34-20?. The molecule has 5 heteroatoms. The fraction of sp³-hybridized carbons (Fsp3) is 0.387. The second-order valence-corrected chi connectivity index (χ2v) is 9.84. The molecule has 1 saturated carbocycles. The summed E-state index contributed by atoms with van der Waals surface area (Å²) >= 11 is 0. The molecule has 190 valence electrons. The molecule has 2 aromatic rings. The number of hydrogen-bond donors (Lipinski definition) is 2. The maximum atomic E-state index is 9.10. The normalized spacial score (nSPS) is 18.9. The van der Waals surface area contributed by atoms with E-state index in [1.807, 2.05) is 31.3 Å². The molecule has 0 saturated heterocycles. The van der Waals surface area contributed by atoms with Gasteiger partial charge < -0.3 is 16.0 Å². The average molecular weight is 484 g/mol. The Kier molecular flexibility index (Phi) is 9.95. The average Bonchev–Trinajstić information content (AvgIpc) is 2.88. The molecule has 1 heterocycles. The Hall–Kier alpha value is -3.31. The van der Waals surface area contributed by atoms with Gasteiger partial charge in [0, 0.05) is 50.7 Å². The first-order chi connectivity index (χ1) is 17.4. The molecule has 0 unspecified atom stereocenters. The molecule has 0 aliphatic heterocycles. The molecule has 0 amide bonds. The summed E-state index contributed by atoms with van der Waals surface area (Å²) in [6, 6.07) is 12.8. The third-order valence-electron chi connectivity index (χ3n) is 6.68. The van der Waals surface area contributed by atoms with Gasteiger partial charge in [-0.25, -0.2) is 4.98 Å². The van der Waals surface area contributed by atoms with Crippen LogP contribution in [-0.4, -0.2) is 49.0 Å². The van der Waals surface area contributed by atoms with Crippen molar-refractivity contribution in [1.29, 1.82) is 5.41 Å². The zero-order chi connectivity index (χ0) is 26.1. The minimum atomic E-state index is 0.307. The summed E-state index contributed by atoms with van der Waals surface area (Å²) in [6.07, 6.45) is 13.8. The first kappa shape index (κ1) is 27.3. The highest BCUT2D eigenvalue weighted by molar-refractivity contribution is 6.14. The van der Waals surface area contributed by atoms with E-state index in [2.05, 4.69) is 67.2 Å². The van der Waals surface area contributed by atoms with Gasteiger partial charge in [-0.3, -0.25) is 4.99 Å². The number of hydrogen-bond acceptors (Lipinski definition) is 5. The van der Waals surface area contributed by atoms with E-state index in [1.54, 1.807) is 7.05 Å². The number of benzene rings is 1. The van der Waals surface area contributed by atoms with Gasteiger partial charge >= 0.3 is 0 Å². The lowest BCUT2D eigenvalue weighted by Crippen LogP contribution is -2.27. The summed E-state index contributed by atoms with van der Waals surface area (Å²) in [6.45, 7) is 6.11. The maximum Gasteiger partial charge on any atom is 0.0923 e. The minimum absolute atomic E-state index is 0.307. The molecule has 0 spiro atoms. The van der Waals surface area contributed by atoms with E-state index in [4.69, 9.17) is 16.1 Å². The van der Waals surface area contributed by atoms with Crippen LogP contribution in [0.5, 0.6) is 0 Å². The summed E-state index contributed by atoms with van der Waals surface area (Å²) in [4.78, 5) is 11.4. The lowest BCUT2D eigenvalue weighted by Gasteiger charge is -2.26. The molecule has 0 atom stereocenters. The number of aliphatic imine (C=N–C) groups is 1. The van der Waals surface area contributed by atoms with Crippen molar-refractivity contribution in [3.8, 4) is 11.3 Å². The van der Waals surface area contributed by atoms with Crippen molar-refractivity contribution >= 4 is 23.1 Å².